The largest absolute Gasteiger partial charge is 0.0648 e. The molecule has 0 unspecified atom stereocenters. The standard InChI is InChI=1S/C9H15/c1-2-9-7-3-4-8(9)6-5-7/h7-8H,2-6H2,1H3. The predicted molar refractivity (Wildman–Crippen MR) is 39.0 cm³/mol. The molecular formula is C9H15. The van der Waals surface area contributed by atoms with E-state index in [1.807, 2.05) is 5.92 Å². The zero-order chi connectivity index (χ0) is 6.27. The Kier molecular flexibility index (Phi) is 1.28. The van der Waals surface area contributed by atoms with E-state index in [2.05, 4.69) is 6.92 Å². The van der Waals surface area contributed by atoms with Crippen molar-refractivity contribution in [2.24, 2.45) is 11.8 Å². The second-order valence-electron chi connectivity index (χ2n) is 3.48. The van der Waals surface area contributed by atoms with Crippen molar-refractivity contribution in [1.82, 2.24) is 0 Å². The molecule has 51 valence electrons. The van der Waals surface area contributed by atoms with E-state index in [0.29, 0.717) is 0 Å². The van der Waals surface area contributed by atoms with Crippen molar-refractivity contribution in [2.45, 2.75) is 39.0 Å². The summed E-state index contributed by atoms with van der Waals surface area (Å²) in [6.45, 7) is 2.33. The minimum absolute atomic E-state index is 1.07. The Morgan fingerprint density at radius 1 is 1.11 bits per heavy atom. The van der Waals surface area contributed by atoms with Gasteiger partial charge >= 0.3 is 0 Å². The van der Waals surface area contributed by atoms with Gasteiger partial charge in [0.2, 0.25) is 0 Å². The van der Waals surface area contributed by atoms with Crippen LogP contribution in [0.5, 0.6) is 0 Å². The van der Waals surface area contributed by atoms with E-state index in [1.165, 1.54) is 32.1 Å². The van der Waals surface area contributed by atoms with E-state index in [0.717, 1.165) is 11.8 Å². The van der Waals surface area contributed by atoms with Gasteiger partial charge in [-0.3, -0.25) is 0 Å². The Morgan fingerprint density at radius 3 is 1.78 bits per heavy atom. The van der Waals surface area contributed by atoms with E-state index in [9.17, 15) is 0 Å². The van der Waals surface area contributed by atoms with Gasteiger partial charge in [-0.1, -0.05) is 6.92 Å². The zero-order valence-corrected chi connectivity index (χ0v) is 6.19. The van der Waals surface area contributed by atoms with Gasteiger partial charge in [0.1, 0.15) is 0 Å². The smallest absolute Gasteiger partial charge is 0.0182 e. The van der Waals surface area contributed by atoms with Crippen LogP contribution >= 0.6 is 0 Å². The molecule has 0 heteroatoms. The van der Waals surface area contributed by atoms with Gasteiger partial charge in [0.05, 0.1) is 0 Å². The van der Waals surface area contributed by atoms with E-state index in [-0.39, 0.29) is 0 Å². The topological polar surface area (TPSA) is 0 Å². The van der Waals surface area contributed by atoms with Gasteiger partial charge in [0.25, 0.3) is 0 Å². The molecule has 2 saturated carbocycles. The van der Waals surface area contributed by atoms with Gasteiger partial charge < -0.3 is 0 Å². The maximum atomic E-state index is 2.33. The highest BCUT2D eigenvalue weighted by molar-refractivity contribution is 5.11. The number of fused-ring (bicyclic) bond motifs is 2. The van der Waals surface area contributed by atoms with Crippen LogP contribution < -0.4 is 0 Å². The van der Waals surface area contributed by atoms with Crippen LogP contribution in [0, 0.1) is 17.8 Å². The first kappa shape index (κ1) is 5.76. The summed E-state index contributed by atoms with van der Waals surface area (Å²) < 4.78 is 0. The normalized spacial score (nSPS) is 42.3. The Hall–Kier alpha value is 0. The monoisotopic (exact) mass is 123 g/mol. The van der Waals surface area contributed by atoms with E-state index in [4.69, 9.17) is 0 Å². The Balaban J connectivity index is 2.08. The van der Waals surface area contributed by atoms with Crippen molar-refractivity contribution in [3.05, 3.63) is 5.92 Å². The summed E-state index contributed by atoms with van der Waals surface area (Å²) >= 11 is 0. The van der Waals surface area contributed by atoms with Crippen molar-refractivity contribution in [3.8, 4) is 0 Å². The summed E-state index contributed by atoms with van der Waals surface area (Å²) in [5.41, 5.74) is 0. The fourth-order valence-electron chi connectivity index (χ4n) is 2.75. The van der Waals surface area contributed by atoms with Gasteiger partial charge in [0.15, 0.2) is 0 Å². The SMILES string of the molecule is CC[C]1C2CCC1CC2. The van der Waals surface area contributed by atoms with Crippen molar-refractivity contribution in [3.63, 3.8) is 0 Å². The van der Waals surface area contributed by atoms with Crippen molar-refractivity contribution < 1.29 is 0 Å². The molecule has 0 aliphatic heterocycles. The van der Waals surface area contributed by atoms with Gasteiger partial charge in [-0.25, -0.2) is 0 Å². The van der Waals surface area contributed by atoms with E-state index >= 15 is 0 Å². The first-order chi connectivity index (χ1) is 4.42. The van der Waals surface area contributed by atoms with Crippen molar-refractivity contribution >= 4 is 0 Å². The predicted octanol–water partition coefficient (Wildman–Crippen LogP) is 2.79. The minimum Gasteiger partial charge on any atom is -0.0648 e. The molecule has 0 aromatic rings. The molecule has 1 radical (unpaired) electrons. The lowest BCUT2D eigenvalue weighted by Gasteiger charge is -2.09. The van der Waals surface area contributed by atoms with Gasteiger partial charge in [0, 0.05) is 0 Å². The third kappa shape index (κ3) is 0.720. The molecule has 2 aliphatic carbocycles. The van der Waals surface area contributed by atoms with Crippen LogP contribution in [0.1, 0.15) is 39.0 Å². The van der Waals surface area contributed by atoms with Crippen LogP contribution in [0.4, 0.5) is 0 Å². The molecule has 2 aliphatic rings. The molecule has 0 aromatic heterocycles. The number of hydrogen-bond acceptors (Lipinski definition) is 0. The number of rotatable bonds is 1. The first-order valence-electron chi connectivity index (χ1n) is 4.27. The quantitative estimate of drug-likeness (QED) is 0.503. The Labute approximate surface area is 57.6 Å². The molecule has 0 N–H and O–H groups in total. The highest BCUT2D eigenvalue weighted by atomic mass is 14.4. The summed E-state index contributed by atoms with van der Waals surface area (Å²) in [5, 5.41) is 0. The van der Waals surface area contributed by atoms with Crippen LogP contribution in [0.2, 0.25) is 0 Å². The lowest BCUT2D eigenvalue weighted by atomic mass is 9.95. The molecule has 0 aromatic carbocycles. The van der Waals surface area contributed by atoms with E-state index in [1.54, 1.807) is 0 Å². The molecule has 0 heterocycles. The lowest BCUT2D eigenvalue weighted by molar-refractivity contribution is 0.480. The minimum atomic E-state index is 1.07. The summed E-state index contributed by atoms with van der Waals surface area (Å²) in [7, 11) is 0. The summed E-state index contributed by atoms with van der Waals surface area (Å²) in [4.78, 5) is 0. The van der Waals surface area contributed by atoms with Crippen molar-refractivity contribution in [2.75, 3.05) is 0 Å². The maximum Gasteiger partial charge on any atom is -0.0182 e. The van der Waals surface area contributed by atoms with Crippen LogP contribution in [0.25, 0.3) is 0 Å². The van der Waals surface area contributed by atoms with Crippen LogP contribution in [-0.2, 0) is 0 Å². The number of hydrogen-bond donors (Lipinski definition) is 0. The fraction of sp³-hybridized carbons (Fsp3) is 0.889. The molecule has 0 spiro atoms. The van der Waals surface area contributed by atoms with Crippen LogP contribution in [0.3, 0.4) is 0 Å². The summed E-state index contributed by atoms with van der Waals surface area (Å²) in [6, 6.07) is 0. The molecule has 2 fully saturated rings. The van der Waals surface area contributed by atoms with Crippen LogP contribution in [0.15, 0.2) is 0 Å². The molecule has 0 saturated heterocycles. The Morgan fingerprint density at radius 2 is 1.56 bits per heavy atom. The summed E-state index contributed by atoms with van der Waals surface area (Å²) in [5.74, 6) is 4.05. The first-order valence-corrected chi connectivity index (χ1v) is 4.27. The van der Waals surface area contributed by atoms with Gasteiger partial charge in [-0.2, -0.15) is 0 Å². The molecule has 9 heavy (non-hydrogen) atoms. The molecule has 0 amide bonds. The Bertz CT molecular complexity index is 86.6. The third-order valence-corrected chi connectivity index (χ3v) is 3.18. The second kappa shape index (κ2) is 2.00. The zero-order valence-electron chi connectivity index (χ0n) is 6.19. The average molecular weight is 123 g/mol. The summed E-state index contributed by atoms with van der Waals surface area (Å²) in [6.07, 6.45) is 7.46. The van der Waals surface area contributed by atoms with Gasteiger partial charge in [-0.15, -0.1) is 0 Å². The highest BCUT2D eigenvalue weighted by Crippen LogP contribution is 2.51. The molecule has 2 bridgehead atoms. The van der Waals surface area contributed by atoms with Crippen LogP contribution in [-0.4, -0.2) is 0 Å². The highest BCUT2D eigenvalue weighted by Gasteiger charge is 2.40. The molecule has 0 atom stereocenters. The second-order valence-corrected chi connectivity index (χ2v) is 3.48. The van der Waals surface area contributed by atoms with E-state index < -0.39 is 0 Å². The van der Waals surface area contributed by atoms with Gasteiger partial charge in [-0.05, 0) is 49.9 Å². The third-order valence-electron chi connectivity index (χ3n) is 3.18. The lowest BCUT2D eigenvalue weighted by Crippen LogP contribution is -1.99. The maximum absolute atomic E-state index is 2.33. The molecular weight excluding hydrogens is 108 g/mol. The fourth-order valence-corrected chi connectivity index (χ4v) is 2.75. The molecule has 2 rings (SSSR count). The van der Waals surface area contributed by atoms with Crippen molar-refractivity contribution in [1.29, 1.82) is 0 Å². The molecule has 0 nitrogen and oxygen atoms in total. The average Bonchev–Trinajstić information content (AvgIpc) is 2.44.